The van der Waals surface area contributed by atoms with Gasteiger partial charge in [0.2, 0.25) is 10.1 Å². The molecule has 0 spiro atoms. The minimum atomic E-state index is -0.230. The van der Waals surface area contributed by atoms with Crippen molar-refractivity contribution in [3.8, 4) is 0 Å². The average molecular weight is 442 g/mol. The van der Waals surface area contributed by atoms with E-state index in [1.807, 2.05) is 35.2 Å². The van der Waals surface area contributed by atoms with E-state index < -0.39 is 0 Å². The van der Waals surface area contributed by atoms with Crippen LogP contribution in [-0.4, -0.2) is 38.0 Å². The fraction of sp³-hybridized carbons (Fsp3) is 0.286. The monoisotopic (exact) mass is 441 g/mol. The third kappa shape index (κ3) is 3.68. The smallest absolute Gasteiger partial charge is 0.284 e. The van der Waals surface area contributed by atoms with Crippen molar-refractivity contribution in [2.45, 2.75) is 31.7 Å². The van der Waals surface area contributed by atoms with E-state index >= 15 is 0 Å². The molecule has 0 saturated carbocycles. The zero-order chi connectivity index (χ0) is 19.8. The van der Waals surface area contributed by atoms with Gasteiger partial charge in [0.25, 0.3) is 5.56 Å². The van der Waals surface area contributed by atoms with Gasteiger partial charge in [-0.2, -0.15) is 9.50 Å². The molecule has 5 rings (SSSR count). The van der Waals surface area contributed by atoms with Gasteiger partial charge in [0.1, 0.15) is 0 Å². The van der Waals surface area contributed by atoms with E-state index in [1.54, 1.807) is 18.3 Å². The molecule has 0 amide bonds. The number of carbonyl (C=O) groups excluding carboxylic acids is 1. The Morgan fingerprint density at radius 2 is 2.00 bits per heavy atom. The molecule has 1 aromatic carbocycles. The number of carbonyl (C=O) groups is 1. The van der Waals surface area contributed by atoms with Gasteiger partial charge >= 0.3 is 0 Å². The van der Waals surface area contributed by atoms with Gasteiger partial charge in [0.05, 0.1) is 11.4 Å². The number of aromatic nitrogens is 4. The number of nitrogens with zero attached hydrogens (tertiary/aromatic N) is 5. The Bertz CT molecular complexity index is 1260. The number of ketones is 1. The Morgan fingerprint density at radius 3 is 2.83 bits per heavy atom. The highest BCUT2D eigenvalue weighted by Gasteiger charge is 2.32. The predicted octanol–water partition coefficient (Wildman–Crippen LogP) is 3.29. The first kappa shape index (κ1) is 20.4. The second kappa shape index (κ2) is 8.49. The molecule has 1 atom stereocenters. The summed E-state index contributed by atoms with van der Waals surface area (Å²) in [7, 11) is 0. The van der Waals surface area contributed by atoms with Gasteiger partial charge in [-0.1, -0.05) is 41.7 Å². The van der Waals surface area contributed by atoms with Crippen LogP contribution in [0.15, 0.2) is 53.5 Å². The van der Waals surface area contributed by atoms with E-state index in [0.717, 1.165) is 25.8 Å². The SMILES string of the molecule is Cl.O=C(CCc1ccccc1)[C@H]1CCCN1c1nn2c(=O)c3cccnc3nc2s1. The molecule has 30 heavy (non-hydrogen) atoms. The molecule has 0 radical (unpaired) electrons. The first-order valence-corrected chi connectivity index (χ1v) is 10.5. The Kier molecular flexibility index (Phi) is 5.78. The van der Waals surface area contributed by atoms with E-state index in [2.05, 4.69) is 15.1 Å². The quantitative estimate of drug-likeness (QED) is 0.472. The zero-order valence-corrected chi connectivity index (χ0v) is 17.7. The van der Waals surface area contributed by atoms with Gasteiger partial charge in [-0.05, 0) is 37.0 Å². The van der Waals surface area contributed by atoms with Crippen LogP contribution in [-0.2, 0) is 11.2 Å². The van der Waals surface area contributed by atoms with Crippen molar-refractivity contribution in [2.24, 2.45) is 0 Å². The van der Waals surface area contributed by atoms with Crippen LogP contribution in [0.5, 0.6) is 0 Å². The third-order valence-corrected chi connectivity index (χ3v) is 6.28. The van der Waals surface area contributed by atoms with Crippen LogP contribution in [0, 0.1) is 0 Å². The normalized spacial score (nSPS) is 16.1. The van der Waals surface area contributed by atoms with Crippen LogP contribution in [0.1, 0.15) is 24.8 Å². The summed E-state index contributed by atoms with van der Waals surface area (Å²) in [4.78, 5) is 36.8. The molecule has 1 fully saturated rings. The summed E-state index contributed by atoms with van der Waals surface area (Å²) in [5.41, 5.74) is 1.36. The van der Waals surface area contributed by atoms with Crippen LogP contribution >= 0.6 is 23.7 Å². The largest absolute Gasteiger partial charge is 0.337 e. The van der Waals surface area contributed by atoms with Gasteiger partial charge < -0.3 is 4.90 Å². The molecule has 1 aliphatic rings. The first-order chi connectivity index (χ1) is 14.2. The molecule has 1 saturated heterocycles. The molecular weight excluding hydrogens is 422 g/mol. The number of rotatable bonds is 5. The third-order valence-electron chi connectivity index (χ3n) is 5.33. The van der Waals surface area contributed by atoms with Gasteiger partial charge in [0.15, 0.2) is 11.4 Å². The van der Waals surface area contributed by atoms with Crippen LogP contribution in [0.2, 0.25) is 0 Å². The summed E-state index contributed by atoms with van der Waals surface area (Å²) in [5, 5.41) is 5.61. The molecule has 154 valence electrons. The number of Topliss-reactive ketones (excluding diaryl/α,β-unsaturated/α-hetero) is 1. The molecule has 3 aromatic heterocycles. The zero-order valence-electron chi connectivity index (χ0n) is 16.1. The van der Waals surface area contributed by atoms with Crippen molar-refractivity contribution in [2.75, 3.05) is 11.4 Å². The lowest BCUT2D eigenvalue weighted by Crippen LogP contribution is -2.36. The molecule has 0 N–H and O–H groups in total. The maximum atomic E-state index is 12.9. The summed E-state index contributed by atoms with van der Waals surface area (Å²) in [6.45, 7) is 0.758. The van der Waals surface area contributed by atoms with E-state index in [0.29, 0.717) is 27.5 Å². The topological polar surface area (TPSA) is 80.5 Å². The van der Waals surface area contributed by atoms with Gasteiger partial charge in [-0.25, -0.2) is 4.98 Å². The second-order valence-electron chi connectivity index (χ2n) is 7.17. The van der Waals surface area contributed by atoms with Crippen molar-refractivity contribution < 1.29 is 4.79 Å². The second-order valence-corrected chi connectivity index (χ2v) is 8.11. The number of fused-ring (bicyclic) bond motifs is 2. The summed E-state index contributed by atoms with van der Waals surface area (Å²) in [6, 6.07) is 13.3. The van der Waals surface area contributed by atoms with E-state index in [1.165, 1.54) is 21.4 Å². The van der Waals surface area contributed by atoms with Gasteiger partial charge in [0, 0.05) is 19.2 Å². The lowest BCUT2D eigenvalue weighted by atomic mass is 10.0. The first-order valence-electron chi connectivity index (χ1n) is 9.68. The molecule has 0 bridgehead atoms. The highest BCUT2D eigenvalue weighted by atomic mass is 35.5. The Hall–Kier alpha value is -2.84. The Morgan fingerprint density at radius 1 is 1.17 bits per heavy atom. The van der Waals surface area contributed by atoms with Gasteiger partial charge in [-0.3, -0.25) is 9.59 Å². The average Bonchev–Trinajstić information content (AvgIpc) is 3.40. The highest BCUT2D eigenvalue weighted by molar-refractivity contribution is 7.20. The number of anilines is 1. The predicted molar refractivity (Wildman–Crippen MR) is 120 cm³/mol. The standard InChI is InChI=1S/C21H19N5O2S.ClH/c27-17(11-10-14-6-2-1-3-7-14)16-9-5-13-25(16)21-24-26-19(28)15-8-4-12-22-18(15)23-20(26)29-21;/h1-4,6-8,12,16H,5,9-11,13H2;1H/t16-;/m1./s1. The summed E-state index contributed by atoms with van der Waals surface area (Å²) < 4.78 is 1.33. The summed E-state index contributed by atoms with van der Waals surface area (Å²) in [5.74, 6) is 0.220. The van der Waals surface area contributed by atoms with Crippen molar-refractivity contribution in [3.63, 3.8) is 0 Å². The summed E-state index contributed by atoms with van der Waals surface area (Å²) >= 11 is 1.33. The van der Waals surface area contributed by atoms with E-state index in [9.17, 15) is 9.59 Å². The number of aryl methyl sites for hydroxylation is 1. The fourth-order valence-electron chi connectivity index (χ4n) is 3.86. The Labute approximate surface area is 182 Å². The van der Waals surface area contributed by atoms with Crippen molar-refractivity contribution >= 4 is 50.7 Å². The maximum Gasteiger partial charge on any atom is 0.284 e. The van der Waals surface area contributed by atoms with E-state index in [4.69, 9.17) is 0 Å². The molecule has 4 heterocycles. The number of halogens is 1. The molecule has 0 unspecified atom stereocenters. The van der Waals surface area contributed by atoms with Crippen LogP contribution in [0.3, 0.4) is 0 Å². The van der Waals surface area contributed by atoms with Crippen molar-refractivity contribution in [1.82, 2.24) is 19.6 Å². The van der Waals surface area contributed by atoms with Crippen LogP contribution in [0.4, 0.5) is 5.13 Å². The number of benzene rings is 1. The molecule has 1 aliphatic heterocycles. The summed E-state index contributed by atoms with van der Waals surface area (Å²) in [6.07, 6.45) is 4.61. The minimum Gasteiger partial charge on any atom is -0.337 e. The van der Waals surface area contributed by atoms with Gasteiger partial charge in [-0.15, -0.1) is 17.5 Å². The van der Waals surface area contributed by atoms with Crippen LogP contribution < -0.4 is 10.5 Å². The lowest BCUT2D eigenvalue weighted by Gasteiger charge is -2.22. The molecular formula is C21H20ClN5O2S. The van der Waals surface area contributed by atoms with Crippen LogP contribution in [0.25, 0.3) is 16.0 Å². The van der Waals surface area contributed by atoms with E-state index in [-0.39, 0.29) is 29.8 Å². The number of pyridine rings is 1. The molecule has 0 aliphatic carbocycles. The maximum absolute atomic E-state index is 12.9. The lowest BCUT2D eigenvalue weighted by molar-refractivity contribution is -0.120. The van der Waals surface area contributed by atoms with Crippen molar-refractivity contribution in [3.05, 3.63) is 64.6 Å². The molecule has 7 nitrogen and oxygen atoms in total. The number of hydrogen-bond acceptors (Lipinski definition) is 7. The van der Waals surface area contributed by atoms with Crippen molar-refractivity contribution in [1.29, 1.82) is 0 Å². The minimum absolute atomic E-state index is 0. The number of hydrogen-bond donors (Lipinski definition) is 0. The molecule has 9 heteroatoms. The highest BCUT2D eigenvalue weighted by Crippen LogP contribution is 2.30. The fourth-order valence-corrected chi connectivity index (χ4v) is 4.82. The molecule has 4 aromatic rings. The Balaban J connectivity index is 0.00000218.